The van der Waals surface area contributed by atoms with Gasteiger partial charge in [0.05, 0.1) is 27.6 Å². The average Bonchev–Trinajstić information content (AvgIpc) is 3.18. The molecule has 2 aliphatic heterocycles. The van der Waals surface area contributed by atoms with Crippen LogP contribution in [-0.4, -0.2) is 28.6 Å². The third-order valence-corrected chi connectivity index (χ3v) is 6.07. The van der Waals surface area contributed by atoms with E-state index in [0.717, 1.165) is 0 Å². The van der Waals surface area contributed by atoms with E-state index in [1.54, 1.807) is 42.2 Å². The van der Waals surface area contributed by atoms with Crippen LogP contribution in [-0.2, 0) is 15.0 Å². The van der Waals surface area contributed by atoms with E-state index in [1.165, 1.54) is 4.90 Å². The molecule has 2 amide bonds. The van der Waals surface area contributed by atoms with Gasteiger partial charge in [-0.05, 0) is 23.8 Å². The molecule has 0 bridgehead atoms. The molecule has 1 spiro atoms. The number of carbonyl (C=O) groups is 2. The zero-order valence-corrected chi connectivity index (χ0v) is 16.3. The van der Waals surface area contributed by atoms with Gasteiger partial charge in [0.25, 0.3) is 0 Å². The molecule has 3 heterocycles. The minimum Gasteiger partial charge on any atom is -0.313 e. The summed E-state index contributed by atoms with van der Waals surface area (Å²) >= 11 is 12.7. The third-order valence-electron chi connectivity index (χ3n) is 5.44. The highest BCUT2D eigenvalue weighted by molar-refractivity contribution is 6.35. The first-order valence-electron chi connectivity index (χ1n) is 8.65. The summed E-state index contributed by atoms with van der Waals surface area (Å²) in [6.45, 7) is 0. The Bertz CT molecular complexity index is 1170. The van der Waals surface area contributed by atoms with E-state index in [-0.39, 0.29) is 18.2 Å². The SMILES string of the molecule is CN1C(=O)[C@]2(CC(=O)Nc3c2cnn3-c2ccccc2Cl)c2cccc(Cl)c21. The first kappa shape index (κ1) is 17.3. The number of anilines is 2. The molecule has 0 aliphatic carbocycles. The highest BCUT2D eigenvalue weighted by Gasteiger charge is 2.56. The number of nitrogens with zero attached hydrogens (tertiary/aromatic N) is 3. The van der Waals surface area contributed by atoms with Gasteiger partial charge in [-0.25, -0.2) is 4.68 Å². The fraction of sp³-hybridized carbons (Fsp3) is 0.150. The van der Waals surface area contributed by atoms with Gasteiger partial charge in [0.15, 0.2) is 0 Å². The van der Waals surface area contributed by atoms with Crippen LogP contribution in [0.25, 0.3) is 5.69 Å². The predicted octanol–water partition coefficient (Wildman–Crippen LogP) is 3.78. The molecule has 1 N–H and O–H groups in total. The lowest BCUT2D eigenvalue weighted by Crippen LogP contribution is -2.45. The first-order valence-corrected chi connectivity index (χ1v) is 9.41. The van der Waals surface area contributed by atoms with Crippen LogP contribution >= 0.6 is 23.2 Å². The Balaban J connectivity index is 1.81. The summed E-state index contributed by atoms with van der Waals surface area (Å²) in [6, 6.07) is 12.6. The highest BCUT2D eigenvalue weighted by atomic mass is 35.5. The second-order valence-electron chi connectivity index (χ2n) is 6.90. The van der Waals surface area contributed by atoms with Gasteiger partial charge < -0.3 is 10.2 Å². The smallest absolute Gasteiger partial charge is 0.242 e. The van der Waals surface area contributed by atoms with Gasteiger partial charge in [0.2, 0.25) is 11.8 Å². The number of fused-ring (bicyclic) bond motifs is 4. The summed E-state index contributed by atoms with van der Waals surface area (Å²) < 4.78 is 1.56. The van der Waals surface area contributed by atoms with Crippen LogP contribution in [0.1, 0.15) is 17.5 Å². The van der Waals surface area contributed by atoms with Crippen molar-refractivity contribution in [3.05, 3.63) is 69.8 Å². The van der Waals surface area contributed by atoms with Crippen LogP contribution in [0.4, 0.5) is 11.5 Å². The van der Waals surface area contributed by atoms with E-state index in [2.05, 4.69) is 10.4 Å². The molecular weight excluding hydrogens is 399 g/mol. The number of hydrogen-bond acceptors (Lipinski definition) is 3. The van der Waals surface area contributed by atoms with Crippen LogP contribution in [0.2, 0.25) is 10.0 Å². The van der Waals surface area contributed by atoms with E-state index in [0.29, 0.717) is 38.4 Å². The number of amides is 2. The van der Waals surface area contributed by atoms with Crippen molar-refractivity contribution < 1.29 is 9.59 Å². The maximum atomic E-state index is 13.4. The summed E-state index contributed by atoms with van der Waals surface area (Å²) in [5, 5.41) is 8.27. The van der Waals surface area contributed by atoms with E-state index in [1.807, 2.05) is 18.2 Å². The monoisotopic (exact) mass is 412 g/mol. The molecule has 1 atom stereocenters. The Morgan fingerprint density at radius 2 is 1.79 bits per heavy atom. The lowest BCUT2D eigenvalue weighted by Gasteiger charge is -2.32. The van der Waals surface area contributed by atoms with Crippen molar-refractivity contribution in [2.24, 2.45) is 0 Å². The Morgan fingerprint density at radius 3 is 2.57 bits per heavy atom. The normalized spacial score (nSPS) is 20.3. The van der Waals surface area contributed by atoms with Crippen molar-refractivity contribution in [2.75, 3.05) is 17.3 Å². The number of hydrogen-bond donors (Lipinski definition) is 1. The standard InChI is InChI=1S/C20H14Cl2N4O2/c1-25-17-11(5-4-7-14(17)22)20(19(25)28)9-16(27)24-18-12(20)10-23-26(18)15-8-3-2-6-13(15)21/h2-8,10H,9H2,1H3,(H,24,27)/t20-/m1/s1. The zero-order valence-electron chi connectivity index (χ0n) is 14.7. The Kier molecular flexibility index (Phi) is 3.60. The first-order chi connectivity index (χ1) is 13.4. The molecular formula is C20H14Cl2N4O2. The highest BCUT2D eigenvalue weighted by Crippen LogP contribution is 2.53. The number of carbonyl (C=O) groups excluding carboxylic acids is 2. The molecule has 0 unspecified atom stereocenters. The van der Waals surface area contributed by atoms with Crippen molar-refractivity contribution >= 4 is 46.5 Å². The quantitative estimate of drug-likeness (QED) is 0.660. The van der Waals surface area contributed by atoms with Crippen LogP contribution in [0, 0.1) is 0 Å². The average molecular weight is 413 g/mol. The minimum atomic E-state index is -1.16. The molecule has 2 aliphatic rings. The molecule has 3 aromatic rings. The maximum absolute atomic E-state index is 13.4. The molecule has 140 valence electrons. The van der Waals surface area contributed by atoms with Gasteiger partial charge in [-0.15, -0.1) is 0 Å². The lowest BCUT2D eigenvalue weighted by atomic mass is 9.72. The largest absolute Gasteiger partial charge is 0.313 e. The molecule has 8 heteroatoms. The second-order valence-corrected chi connectivity index (χ2v) is 7.71. The number of nitrogens with one attached hydrogen (secondary N) is 1. The zero-order chi connectivity index (χ0) is 19.6. The number of likely N-dealkylation sites (N-methyl/N-ethyl adjacent to an activating group) is 1. The third kappa shape index (κ3) is 2.07. The van der Waals surface area contributed by atoms with Gasteiger partial charge in [-0.3, -0.25) is 9.59 Å². The van der Waals surface area contributed by atoms with Crippen molar-refractivity contribution in [3.63, 3.8) is 0 Å². The van der Waals surface area contributed by atoms with Crippen molar-refractivity contribution in [3.8, 4) is 5.69 Å². The number of halogens is 2. The Hall–Kier alpha value is -2.83. The Labute approximate surface area is 170 Å². The van der Waals surface area contributed by atoms with Gasteiger partial charge in [0, 0.05) is 19.0 Å². The number of para-hydroxylation sites is 2. The summed E-state index contributed by atoms with van der Waals surface area (Å²) in [6.07, 6.45) is 1.62. The summed E-state index contributed by atoms with van der Waals surface area (Å²) in [5.74, 6) is -0.0276. The van der Waals surface area contributed by atoms with Crippen LogP contribution in [0.3, 0.4) is 0 Å². The van der Waals surface area contributed by atoms with E-state index in [9.17, 15) is 9.59 Å². The lowest BCUT2D eigenvalue weighted by molar-refractivity contribution is -0.126. The molecule has 0 radical (unpaired) electrons. The van der Waals surface area contributed by atoms with Gasteiger partial charge >= 0.3 is 0 Å². The molecule has 28 heavy (non-hydrogen) atoms. The maximum Gasteiger partial charge on any atom is 0.242 e. The number of aromatic nitrogens is 2. The fourth-order valence-corrected chi connectivity index (χ4v) is 4.75. The molecule has 6 nitrogen and oxygen atoms in total. The number of benzene rings is 2. The van der Waals surface area contributed by atoms with Crippen LogP contribution in [0.5, 0.6) is 0 Å². The minimum absolute atomic E-state index is 0.00920. The molecule has 0 saturated carbocycles. The van der Waals surface area contributed by atoms with Crippen LogP contribution in [0.15, 0.2) is 48.7 Å². The van der Waals surface area contributed by atoms with Crippen molar-refractivity contribution in [1.82, 2.24) is 9.78 Å². The predicted molar refractivity (Wildman–Crippen MR) is 107 cm³/mol. The number of rotatable bonds is 1. The summed E-state index contributed by atoms with van der Waals surface area (Å²) in [7, 11) is 1.67. The summed E-state index contributed by atoms with van der Waals surface area (Å²) in [5.41, 5.74) is 1.42. The molecule has 0 saturated heterocycles. The van der Waals surface area contributed by atoms with Crippen LogP contribution < -0.4 is 10.2 Å². The molecule has 2 aromatic carbocycles. The van der Waals surface area contributed by atoms with E-state index in [4.69, 9.17) is 23.2 Å². The molecule has 1 aromatic heterocycles. The summed E-state index contributed by atoms with van der Waals surface area (Å²) in [4.78, 5) is 27.7. The van der Waals surface area contributed by atoms with E-state index < -0.39 is 5.41 Å². The Morgan fingerprint density at radius 1 is 1.04 bits per heavy atom. The fourth-order valence-electron chi connectivity index (χ4n) is 4.23. The van der Waals surface area contributed by atoms with Gasteiger partial charge in [-0.2, -0.15) is 5.10 Å². The second kappa shape index (κ2) is 5.83. The van der Waals surface area contributed by atoms with Gasteiger partial charge in [0.1, 0.15) is 11.2 Å². The van der Waals surface area contributed by atoms with Gasteiger partial charge in [-0.1, -0.05) is 47.5 Å². The molecule has 5 rings (SSSR count). The van der Waals surface area contributed by atoms with E-state index >= 15 is 0 Å². The van der Waals surface area contributed by atoms with Crippen molar-refractivity contribution in [1.29, 1.82) is 0 Å². The molecule has 0 fully saturated rings. The topological polar surface area (TPSA) is 67.2 Å². The van der Waals surface area contributed by atoms with Crippen molar-refractivity contribution in [2.45, 2.75) is 11.8 Å².